The van der Waals surface area contributed by atoms with Crippen molar-refractivity contribution in [3.63, 3.8) is 0 Å². The zero-order chi connectivity index (χ0) is 17.2. The van der Waals surface area contributed by atoms with Crippen LogP contribution < -0.4 is 5.32 Å². The average Bonchev–Trinajstić information content (AvgIpc) is 3.25. The van der Waals surface area contributed by atoms with E-state index in [0.717, 1.165) is 23.5 Å². The van der Waals surface area contributed by atoms with Gasteiger partial charge < -0.3 is 4.42 Å². The normalized spacial score (nSPS) is 14.3. The number of carbonyl (C=O) groups excluding carboxylic acids is 1. The van der Waals surface area contributed by atoms with Gasteiger partial charge in [-0.1, -0.05) is 18.2 Å². The van der Waals surface area contributed by atoms with Crippen molar-refractivity contribution >= 4 is 22.4 Å². The van der Waals surface area contributed by atoms with Gasteiger partial charge in [0.15, 0.2) is 10.9 Å². The van der Waals surface area contributed by atoms with Gasteiger partial charge in [-0.3, -0.25) is 15.0 Å². The summed E-state index contributed by atoms with van der Waals surface area (Å²) in [6.45, 7) is 2.09. The summed E-state index contributed by atoms with van der Waals surface area (Å²) < 4.78 is 18.9. The number of fused-ring (bicyclic) bond motifs is 1. The molecule has 1 amide bonds. The van der Waals surface area contributed by atoms with Crippen LogP contribution in [0.2, 0.25) is 0 Å². The van der Waals surface area contributed by atoms with Gasteiger partial charge in [-0.25, -0.2) is 9.37 Å². The Labute approximate surface area is 148 Å². The first-order chi connectivity index (χ1) is 12.2. The second-order valence-electron chi connectivity index (χ2n) is 5.87. The van der Waals surface area contributed by atoms with Gasteiger partial charge in [0.1, 0.15) is 5.82 Å². The first-order valence-corrected chi connectivity index (χ1v) is 8.80. The molecule has 0 atom stereocenters. The molecule has 1 aliphatic rings. The molecule has 25 heavy (non-hydrogen) atoms. The Bertz CT molecular complexity index is 892. The summed E-state index contributed by atoms with van der Waals surface area (Å²) in [7, 11) is 0. The number of benzene rings is 1. The summed E-state index contributed by atoms with van der Waals surface area (Å²) >= 11 is 1.46. The number of nitrogens with zero attached hydrogens (tertiary/aromatic N) is 2. The highest BCUT2D eigenvalue weighted by Crippen LogP contribution is 2.29. The molecule has 5 nitrogen and oxygen atoms in total. The third-order valence-corrected chi connectivity index (χ3v) is 5.13. The minimum atomic E-state index is -0.306. The van der Waals surface area contributed by atoms with Crippen molar-refractivity contribution < 1.29 is 13.6 Å². The molecule has 0 bridgehead atoms. The number of hydrogen-bond acceptors (Lipinski definition) is 5. The lowest BCUT2D eigenvalue weighted by Gasteiger charge is -2.25. The molecule has 3 aromatic rings. The lowest BCUT2D eigenvalue weighted by atomic mass is 10.1. The van der Waals surface area contributed by atoms with Gasteiger partial charge >= 0.3 is 0 Å². The molecule has 7 heteroatoms. The van der Waals surface area contributed by atoms with Crippen LogP contribution >= 0.6 is 11.3 Å². The van der Waals surface area contributed by atoms with Gasteiger partial charge in [0.25, 0.3) is 5.91 Å². The van der Waals surface area contributed by atoms with Gasteiger partial charge in [0.05, 0.1) is 12.0 Å². The van der Waals surface area contributed by atoms with Crippen molar-refractivity contribution in [2.75, 3.05) is 11.9 Å². The molecule has 4 rings (SSSR count). The van der Waals surface area contributed by atoms with Crippen LogP contribution in [0.5, 0.6) is 0 Å². The summed E-state index contributed by atoms with van der Waals surface area (Å²) in [4.78, 5) is 19.8. The van der Waals surface area contributed by atoms with Crippen LogP contribution in [0, 0.1) is 5.82 Å². The maximum Gasteiger partial charge on any atom is 0.293 e. The van der Waals surface area contributed by atoms with E-state index in [2.05, 4.69) is 15.2 Å². The molecule has 0 aliphatic carbocycles. The molecule has 0 spiro atoms. The third-order valence-electron chi connectivity index (χ3n) is 4.13. The highest BCUT2D eigenvalue weighted by atomic mass is 32.1. The molecule has 3 heterocycles. The predicted molar refractivity (Wildman–Crippen MR) is 93.0 cm³/mol. The Balaban J connectivity index is 1.44. The fourth-order valence-corrected chi connectivity index (χ4v) is 3.92. The van der Waals surface area contributed by atoms with E-state index >= 15 is 0 Å². The zero-order valence-corrected chi connectivity index (χ0v) is 14.2. The average molecular weight is 357 g/mol. The standard InChI is InChI=1S/C18H16FN3O2S/c19-13-5-2-1-4-12(13)10-22-8-7-14-16(11-22)25-18(20-14)21-17(23)15-6-3-9-24-15/h1-6,9H,7-8,10-11H2,(H,20,21,23). The number of halogens is 1. The third kappa shape index (κ3) is 3.47. The van der Waals surface area contributed by atoms with Crippen LogP contribution in [0.25, 0.3) is 0 Å². The number of amides is 1. The largest absolute Gasteiger partial charge is 0.459 e. The minimum absolute atomic E-state index is 0.177. The summed E-state index contributed by atoms with van der Waals surface area (Å²) in [5, 5.41) is 3.34. The van der Waals surface area contributed by atoms with Crippen molar-refractivity contribution in [1.82, 2.24) is 9.88 Å². The first kappa shape index (κ1) is 16.0. The van der Waals surface area contributed by atoms with E-state index < -0.39 is 0 Å². The number of aromatic nitrogens is 1. The van der Waals surface area contributed by atoms with Crippen LogP contribution in [0.1, 0.15) is 26.7 Å². The lowest BCUT2D eigenvalue weighted by Crippen LogP contribution is -2.29. The molecule has 0 saturated heterocycles. The molecule has 0 saturated carbocycles. The highest BCUT2D eigenvalue weighted by molar-refractivity contribution is 7.15. The summed E-state index contributed by atoms with van der Waals surface area (Å²) in [5.74, 6) is -0.224. The Hall–Kier alpha value is -2.51. The number of anilines is 1. The van der Waals surface area contributed by atoms with Crippen molar-refractivity contribution in [2.24, 2.45) is 0 Å². The van der Waals surface area contributed by atoms with Crippen LogP contribution in [-0.2, 0) is 19.5 Å². The maximum atomic E-state index is 13.8. The molecule has 128 valence electrons. The van der Waals surface area contributed by atoms with Gasteiger partial charge in [0.2, 0.25) is 0 Å². The topological polar surface area (TPSA) is 58.4 Å². The highest BCUT2D eigenvalue weighted by Gasteiger charge is 2.22. The fraction of sp³-hybridized carbons (Fsp3) is 0.222. The molecule has 1 aromatic carbocycles. The van der Waals surface area contributed by atoms with Crippen LogP contribution in [-0.4, -0.2) is 22.3 Å². The van der Waals surface area contributed by atoms with Gasteiger partial charge in [0, 0.05) is 36.5 Å². The smallest absolute Gasteiger partial charge is 0.293 e. The number of nitrogens with one attached hydrogen (secondary N) is 1. The summed E-state index contributed by atoms with van der Waals surface area (Å²) in [5.41, 5.74) is 1.70. The first-order valence-electron chi connectivity index (χ1n) is 7.98. The Morgan fingerprint density at radius 3 is 3.00 bits per heavy atom. The molecular formula is C18H16FN3O2S. The number of carbonyl (C=O) groups is 1. The molecule has 1 aliphatic heterocycles. The summed E-state index contributed by atoms with van der Waals surface area (Å²) in [6.07, 6.45) is 2.25. The second-order valence-corrected chi connectivity index (χ2v) is 6.96. The van der Waals surface area contributed by atoms with Crippen molar-refractivity contribution in [2.45, 2.75) is 19.5 Å². The van der Waals surface area contributed by atoms with E-state index in [4.69, 9.17) is 4.42 Å². The molecule has 1 N–H and O–H groups in total. The number of hydrogen-bond donors (Lipinski definition) is 1. The van der Waals surface area contributed by atoms with Crippen molar-refractivity contribution in [3.05, 3.63) is 70.4 Å². The fourth-order valence-electron chi connectivity index (χ4n) is 2.87. The SMILES string of the molecule is O=C(Nc1nc2c(s1)CN(Cc1ccccc1F)CC2)c1ccco1. The lowest BCUT2D eigenvalue weighted by molar-refractivity contribution is 0.0996. The van der Waals surface area contributed by atoms with E-state index in [0.29, 0.717) is 23.8 Å². The molecule has 0 unspecified atom stereocenters. The molecule has 0 radical (unpaired) electrons. The predicted octanol–water partition coefficient (Wildman–Crippen LogP) is 3.69. The van der Waals surface area contributed by atoms with Gasteiger partial charge in [-0.05, 0) is 18.2 Å². The molecular weight excluding hydrogens is 341 g/mol. The molecule has 2 aromatic heterocycles. The van der Waals surface area contributed by atoms with E-state index in [1.54, 1.807) is 18.2 Å². The maximum absolute atomic E-state index is 13.8. The number of rotatable bonds is 4. The van der Waals surface area contributed by atoms with E-state index in [1.165, 1.54) is 23.7 Å². The Morgan fingerprint density at radius 2 is 2.20 bits per heavy atom. The van der Waals surface area contributed by atoms with Crippen LogP contribution in [0.3, 0.4) is 0 Å². The minimum Gasteiger partial charge on any atom is -0.459 e. The Kier molecular flexibility index (Phi) is 4.33. The Morgan fingerprint density at radius 1 is 1.32 bits per heavy atom. The van der Waals surface area contributed by atoms with E-state index in [-0.39, 0.29) is 17.5 Å². The zero-order valence-electron chi connectivity index (χ0n) is 13.4. The van der Waals surface area contributed by atoms with Crippen LogP contribution in [0.15, 0.2) is 47.1 Å². The second kappa shape index (κ2) is 6.78. The van der Waals surface area contributed by atoms with Crippen LogP contribution in [0.4, 0.5) is 9.52 Å². The van der Waals surface area contributed by atoms with Gasteiger partial charge in [-0.15, -0.1) is 11.3 Å². The summed E-state index contributed by atoms with van der Waals surface area (Å²) in [6, 6.07) is 10.1. The molecule has 0 fully saturated rings. The number of thiazole rings is 1. The van der Waals surface area contributed by atoms with Gasteiger partial charge in [-0.2, -0.15) is 0 Å². The monoisotopic (exact) mass is 357 g/mol. The number of furan rings is 1. The van der Waals surface area contributed by atoms with E-state index in [1.807, 2.05) is 12.1 Å². The van der Waals surface area contributed by atoms with Crippen molar-refractivity contribution in [3.8, 4) is 0 Å². The van der Waals surface area contributed by atoms with Crippen molar-refractivity contribution in [1.29, 1.82) is 0 Å². The van der Waals surface area contributed by atoms with E-state index in [9.17, 15) is 9.18 Å². The quantitative estimate of drug-likeness (QED) is 0.774.